The third-order valence-electron chi connectivity index (χ3n) is 1.39. The molecule has 0 fully saturated rings. The highest BCUT2D eigenvalue weighted by molar-refractivity contribution is 7.98. The molecule has 72 valence electrons. The molecule has 0 amide bonds. The number of thioether (sulfide) groups is 1. The van der Waals surface area contributed by atoms with Crippen LogP contribution >= 0.6 is 11.8 Å². The van der Waals surface area contributed by atoms with Crippen molar-refractivity contribution in [2.24, 2.45) is 0 Å². The molecule has 1 nitrogen and oxygen atoms in total. The van der Waals surface area contributed by atoms with Crippen molar-refractivity contribution in [1.29, 1.82) is 0 Å². The minimum absolute atomic E-state index is 0.242. The van der Waals surface area contributed by atoms with E-state index >= 15 is 0 Å². The molecule has 0 bridgehead atoms. The normalized spacial score (nSPS) is 10.1. The van der Waals surface area contributed by atoms with Crippen LogP contribution in [0.15, 0.2) is 18.2 Å². The van der Waals surface area contributed by atoms with Crippen LogP contribution in [0.1, 0.15) is 0 Å². The first-order valence-corrected chi connectivity index (χ1v) is 5.19. The lowest BCUT2D eigenvalue weighted by Gasteiger charge is -2.04. The molecule has 1 aromatic carbocycles. The summed E-state index contributed by atoms with van der Waals surface area (Å²) >= 11 is 1.62. The Morgan fingerprint density at radius 2 is 1.85 bits per heavy atom. The van der Waals surface area contributed by atoms with Gasteiger partial charge in [0.2, 0.25) is 0 Å². The molecule has 0 atom stereocenters. The Labute approximate surface area is 80.1 Å². The van der Waals surface area contributed by atoms with Crippen LogP contribution in [0, 0.1) is 11.6 Å². The molecular formula is C9H10F2OS. The number of halogens is 2. The van der Waals surface area contributed by atoms with Gasteiger partial charge in [-0.3, -0.25) is 0 Å². The lowest BCUT2D eigenvalue weighted by Crippen LogP contribution is -2.00. The Bertz CT molecular complexity index is 258. The summed E-state index contributed by atoms with van der Waals surface area (Å²) in [5.41, 5.74) is 0. The van der Waals surface area contributed by atoms with Gasteiger partial charge in [-0.2, -0.15) is 11.8 Å². The van der Waals surface area contributed by atoms with Gasteiger partial charge in [-0.25, -0.2) is 8.78 Å². The summed E-state index contributed by atoms with van der Waals surface area (Å²) in [7, 11) is 0. The summed E-state index contributed by atoms with van der Waals surface area (Å²) in [6, 6.07) is 3.16. The molecule has 0 saturated heterocycles. The van der Waals surface area contributed by atoms with Gasteiger partial charge >= 0.3 is 0 Å². The second-order valence-electron chi connectivity index (χ2n) is 2.45. The van der Waals surface area contributed by atoms with Crippen LogP contribution < -0.4 is 4.74 Å². The molecule has 0 aromatic heterocycles. The topological polar surface area (TPSA) is 9.23 Å². The lowest BCUT2D eigenvalue weighted by molar-refractivity contribution is 0.339. The van der Waals surface area contributed by atoms with E-state index in [0.29, 0.717) is 6.61 Å². The van der Waals surface area contributed by atoms with Crippen LogP contribution in [0.3, 0.4) is 0 Å². The molecule has 0 unspecified atom stereocenters. The summed E-state index contributed by atoms with van der Waals surface area (Å²) in [6.07, 6.45) is 1.94. The summed E-state index contributed by atoms with van der Waals surface area (Å²) < 4.78 is 30.3. The third kappa shape index (κ3) is 3.63. The molecule has 0 spiro atoms. The van der Waals surface area contributed by atoms with Gasteiger partial charge < -0.3 is 4.74 Å². The first kappa shape index (κ1) is 10.3. The first-order chi connectivity index (χ1) is 6.22. The predicted molar refractivity (Wildman–Crippen MR) is 50.2 cm³/mol. The smallest absolute Gasteiger partial charge is 0.129 e. The van der Waals surface area contributed by atoms with E-state index < -0.39 is 11.6 Å². The fourth-order valence-electron chi connectivity index (χ4n) is 0.855. The van der Waals surface area contributed by atoms with Gasteiger partial charge in [-0.15, -0.1) is 0 Å². The number of rotatable bonds is 4. The van der Waals surface area contributed by atoms with E-state index in [0.717, 1.165) is 11.8 Å². The van der Waals surface area contributed by atoms with Gasteiger partial charge in [-0.05, 0) is 6.26 Å². The van der Waals surface area contributed by atoms with Gasteiger partial charge in [-0.1, -0.05) is 0 Å². The average molecular weight is 204 g/mol. The number of hydrogen-bond donors (Lipinski definition) is 0. The Balaban J connectivity index is 2.56. The van der Waals surface area contributed by atoms with Crippen LogP contribution in [0.4, 0.5) is 8.78 Å². The highest BCUT2D eigenvalue weighted by atomic mass is 32.2. The minimum atomic E-state index is -0.612. The van der Waals surface area contributed by atoms with Crippen molar-refractivity contribution >= 4 is 11.8 Å². The maximum absolute atomic E-state index is 12.6. The second kappa shape index (κ2) is 5.07. The number of hydrogen-bond acceptors (Lipinski definition) is 2. The molecule has 0 radical (unpaired) electrons. The van der Waals surface area contributed by atoms with Gasteiger partial charge in [0.05, 0.1) is 6.61 Å². The maximum atomic E-state index is 12.6. The molecule has 0 aliphatic heterocycles. The predicted octanol–water partition coefficient (Wildman–Crippen LogP) is 2.71. The molecule has 0 aliphatic carbocycles. The van der Waals surface area contributed by atoms with Crippen molar-refractivity contribution < 1.29 is 13.5 Å². The van der Waals surface area contributed by atoms with E-state index in [1.165, 1.54) is 12.1 Å². The van der Waals surface area contributed by atoms with E-state index in [1.807, 2.05) is 6.26 Å². The quantitative estimate of drug-likeness (QED) is 0.697. The zero-order chi connectivity index (χ0) is 9.68. The monoisotopic (exact) mass is 204 g/mol. The lowest BCUT2D eigenvalue weighted by atomic mass is 10.3. The third-order valence-corrected chi connectivity index (χ3v) is 1.97. The van der Waals surface area contributed by atoms with Gasteiger partial charge in [0, 0.05) is 24.0 Å². The summed E-state index contributed by atoms with van der Waals surface area (Å²) in [5, 5.41) is 0. The molecular weight excluding hydrogens is 194 g/mol. The molecule has 0 heterocycles. The fraction of sp³-hybridized carbons (Fsp3) is 0.333. The van der Waals surface area contributed by atoms with Gasteiger partial charge in [0.25, 0.3) is 0 Å². The standard InChI is InChI=1S/C9H10F2OS/c1-13-3-2-12-9-5-7(10)4-8(11)6-9/h4-6H,2-3H2,1H3. The maximum Gasteiger partial charge on any atom is 0.129 e. The van der Waals surface area contributed by atoms with Gasteiger partial charge in [0.1, 0.15) is 17.4 Å². The van der Waals surface area contributed by atoms with Gasteiger partial charge in [0.15, 0.2) is 0 Å². The van der Waals surface area contributed by atoms with Crippen LogP contribution in [0.5, 0.6) is 5.75 Å². The van der Waals surface area contributed by atoms with E-state index in [2.05, 4.69) is 0 Å². The Morgan fingerprint density at radius 1 is 1.23 bits per heavy atom. The zero-order valence-corrected chi connectivity index (χ0v) is 8.04. The molecule has 0 aliphatic rings. The molecule has 0 saturated carbocycles. The number of ether oxygens (including phenoxy) is 1. The minimum Gasteiger partial charge on any atom is -0.493 e. The van der Waals surface area contributed by atoms with E-state index in [9.17, 15) is 8.78 Å². The number of benzene rings is 1. The summed E-state index contributed by atoms with van der Waals surface area (Å²) in [6.45, 7) is 0.462. The summed E-state index contributed by atoms with van der Waals surface area (Å²) in [5.74, 6) is -0.178. The second-order valence-corrected chi connectivity index (χ2v) is 3.43. The Morgan fingerprint density at radius 3 is 2.38 bits per heavy atom. The van der Waals surface area contributed by atoms with E-state index in [4.69, 9.17) is 4.74 Å². The molecule has 0 N–H and O–H groups in total. The van der Waals surface area contributed by atoms with Crippen molar-refractivity contribution in [1.82, 2.24) is 0 Å². The SMILES string of the molecule is CSCCOc1cc(F)cc(F)c1. The molecule has 4 heteroatoms. The van der Waals surface area contributed by atoms with Crippen LogP contribution in [-0.2, 0) is 0 Å². The van der Waals surface area contributed by atoms with Crippen molar-refractivity contribution in [3.8, 4) is 5.75 Å². The van der Waals surface area contributed by atoms with E-state index in [-0.39, 0.29) is 5.75 Å². The summed E-state index contributed by atoms with van der Waals surface area (Å²) in [4.78, 5) is 0. The van der Waals surface area contributed by atoms with Crippen LogP contribution in [0.25, 0.3) is 0 Å². The van der Waals surface area contributed by atoms with Crippen molar-refractivity contribution in [3.05, 3.63) is 29.8 Å². The largest absolute Gasteiger partial charge is 0.493 e. The molecule has 1 aromatic rings. The highest BCUT2D eigenvalue weighted by Gasteiger charge is 2.00. The average Bonchev–Trinajstić information content (AvgIpc) is 2.03. The molecule has 1 rings (SSSR count). The van der Waals surface area contributed by atoms with Crippen LogP contribution in [0.2, 0.25) is 0 Å². The Kier molecular flexibility index (Phi) is 4.02. The van der Waals surface area contributed by atoms with Crippen molar-refractivity contribution in [2.45, 2.75) is 0 Å². The van der Waals surface area contributed by atoms with Crippen molar-refractivity contribution in [2.75, 3.05) is 18.6 Å². The molecule has 13 heavy (non-hydrogen) atoms. The fourth-order valence-corrected chi connectivity index (χ4v) is 1.10. The van der Waals surface area contributed by atoms with E-state index in [1.54, 1.807) is 11.8 Å². The van der Waals surface area contributed by atoms with Crippen LogP contribution in [-0.4, -0.2) is 18.6 Å². The highest BCUT2D eigenvalue weighted by Crippen LogP contribution is 2.15. The zero-order valence-electron chi connectivity index (χ0n) is 7.22. The van der Waals surface area contributed by atoms with Crippen molar-refractivity contribution in [3.63, 3.8) is 0 Å². The Hall–Kier alpha value is -0.770. The first-order valence-electron chi connectivity index (χ1n) is 3.80.